The summed E-state index contributed by atoms with van der Waals surface area (Å²) in [7, 11) is 0. The summed E-state index contributed by atoms with van der Waals surface area (Å²) >= 11 is 0. The van der Waals surface area contributed by atoms with E-state index in [0.29, 0.717) is 6.54 Å². The van der Waals surface area contributed by atoms with Gasteiger partial charge in [0, 0.05) is 19.2 Å². The van der Waals surface area contributed by atoms with Crippen molar-refractivity contribution in [3.8, 4) is 0 Å². The summed E-state index contributed by atoms with van der Waals surface area (Å²) in [5.74, 6) is 2.70. The molecular formula is C12H20N4. The van der Waals surface area contributed by atoms with Gasteiger partial charge in [0.2, 0.25) is 0 Å². The molecule has 0 amide bonds. The molecule has 0 bridgehead atoms. The Morgan fingerprint density at radius 3 is 3.00 bits per heavy atom. The molecule has 2 rings (SSSR count). The third kappa shape index (κ3) is 3.17. The monoisotopic (exact) mass is 220 g/mol. The van der Waals surface area contributed by atoms with Gasteiger partial charge in [0.15, 0.2) is 0 Å². The van der Waals surface area contributed by atoms with Crippen LogP contribution in [-0.4, -0.2) is 23.1 Å². The minimum Gasteiger partial charge on any atom is -0.370 e. The minimum atomic E-state index is 0.603. The Labute approximate surface area is 96.7 Å². The lowest BCUT2D eigenvalue weighted by molar-refractivity contribution is 0.303. The van der Waals surface area contributed by atoms with Crippen molar-refractivity contribution in [2.45, 2.75) is 32.1 Å². The van der Waals surface area contributed by atoms with E-state index in [-0.39, 0.29) is 0 Å². The van der Waals surface area contributed by atoms with Crippen LogP contribution >= 0.6 is 0 Å². The fourth-order valence-corrected chi connectivity index (χ4v) is 1.93. The van der Waals surface area contributed by atoms with Gasteiger partial charge >= 0.3 is 0 Å². The third-order valence-corrected chi connectivity index (χ3v) is 3.16. The van der Waals surface area contributed by atoms with Gasteiger partial charge in [0.05, 0.1) is 0 Å². The summed E-state index contributed by atoms with van der Waals surface area (Å²) < 4.78 is 0. The highest BCUT2D eigenvalue weighted by Gasteiger charge is 2.16. The first-order valence-corrected chi connectivity index (χ1v) is 6.14. The molecule has 1 aromatic heterocycles. The van der Waals surface area contributed by atoms with E-state index >= 15 is 0 Å². The van der Waals surface area contributed by atoms with Crippen molar-refractivity contribution < 1.29 is 0 Å². The van der Waals surface area contributed by atoms with Crippen molar-refractivity contribution >= 4 is 5.82 Å². The topological polar surface area (TPSA) is 63.8 Å². The highest BCUT2D eigenvalue weighted by atomic mass is 15.0. The van der Waals surface area contributed by atoms with E-state index in [1.807, 2.05) is 6.07 Å². The molecule has 0 aromatic carbocycles. The maximum Gasteiger partial charge on any atom is 0.131 e. The van der Waals surface area contributed by atoms with Gasteiger partial charge in [-0.05, 0) is 24.9 Å². The standard InChI is InChI=1S/C12H20N4/c13-7-4-11-15-9-6-12(16-11)14-8-5-10-2-1-3-10/h6,9-10H,1-5,7-8,13H2,(H,14,15,16). The van der Waals surface area contributed by atoms with E-state index < -0.39 is 0 Å². The first kappa shape index (κ1) is 11.3. The van der Waals surface area contributed by atoms with Gasteiger partial charge in [-0.2, -0.15) is 0 Å². The van der Waals surface area contributed by atoms with Crippen molar-refractivity contribution in [3.63, 3.8) is 0 Å². The van der Waals surface area contributed by atoms with Crippen molar-refractivity contribution in [2.75, 3.05) is 18.4 Å². The van der Waals surface area contributed by atoms with Crippen molar-refractivity contribution in [1.82, 2.24) is 9.97 Å². The number of hydrogen-bond acceptors (Lipinski definition) is 4. The van der Waals surface area contributed by atoms with Crippen LogP contribution in [-0.2, 0) is 6.42 Å². The number of nitrogens with zero attached hydrogens (tertiary/aromatic N) is 2. The second-order valence-corrected chi connectivity index (χ2v) is 4.41. The molecule has 4 nitrogen and oxygen atoms in total. The van der Waals surface area contributed by atoms with Crippen molar-refractivity contribution in [2.24, 2.45) is 11.7 Å². The molecule has 16 heavy (non-hydrogen) atoms. The van der Waals surface area contributed by atoms with E-state index in [0.717, 1.165) is 30.5 Å². The van der Waals surface area contributed by atoms with Gasteiger partial charge in [-0.3, -0.25) is 0 Å². The lowest BCUT2D eigenvalue weighted by Crippen LogP contribution is -2.16. The zero-order valence-electron chi connectivity index (χ0n) is 9.65. The quantitative estimate of drug-likeness (QED) is 0.764. The Morgan fingerprint density at radius 2 is 2.31 bits per heavy atom. The summed E-state index contributed by atoms with van der Waals surface area (Å²) in [4.78, 5) is 8.57. The lowest BCUT2D eigenvalue weighted by Gasteiger charge is -2.25. The van der Waals surface area contributed by atoms with Crippen molar-refractivity contribution in [1.29, 1.82) is 0 Å². The molecule has 4 heteroatoms. The largest absolute Gasteiger partial charge is 0.370 e. The predicted octanol–water partition coefficient (Wildman–Crippen LogP) is 1.58. The van der Waals surface area contributed by atoms with E-state index in [1.54, 1.807) is 6.20 Å². The predicted molar refractivity (Wildman–Crippen MR) is 65.2 cm³/mol. The Balaban J connectivity index is 1.76. The smallest absolute Gasteiger partial charge is 0.131 e. The maximum absolute atomic E-state index is 5.48. The molecule has 0 aliphatic heterocycles. The van der Waals surface area contributed by atoms with Gasteiger partial charge in [0.25, 0.3) is 0 Å². The highest BCUT2D eigenvalue weighted by molar-refractivity contribution is 5.32. The molecule has 1 saturated carbocycles. The van der Waals surface area contributed by atoms with E-state index in [4.69, 9.17) is 5.73 Å². The molecule has 0 saturated heterocycles. The van der Waals surface area contributed by atoms with Crippen LogP contribution in [0.3, 0.4) is 0 Å². The van der Waals surface area contributed by atoms with Crippen LogP contribution in [0, 0.1) is 5.92 Å². The SMILES string of the molecule is NCCc1nccc(NCCC2CCC2)n1. The zero-order valence-corrected chi connectivity index (χ0v) is 9.65. The highest BCUT2D eigenvalue weighted by Crippen LogP contribution is 2.28. The normalized spacial score (nSPS) is 15.8. The molecule has 1 heterocycles. The van der Waals surface area contributed by atoms with Gasteiger partial charge < -0.3 is 11.1 Å². The Bertz CT molecular complexity index is 323. The fourth-order valence-electron chi connectivity index (χ4n) is 1.93. The number of anilines is 1. The molecule has 0 atom stereocenters. The molecule has 0 spiro atoms. The average Bonchev–Trinajstić information content (AvgIpc) is 2.23. The molecule has 1 aromatic rings. The molecule has 0 radical (unpaired) electrons. The third-order valence-electron chi connectivity index (χ3n) is 3.16. The molecule has 1 aliphatic carbocycles. The van der Waals surface area contributed by atoms with E-state index in [2.05, 4.69) is 15.3 Å². The first-order chi connectivity index (χ1) is 7.88. The van der Waals surface area contributed by atoms with Crippen LogP contribution in [0.15, 0.2) is 12.3 Å². The van der Waals surface area contributed by atoms with E-state index in [9.17, 15) is 0 Å². The van der Waals surface area contributed by atoms with Crippen LogP contribution < -0.4 is 11.1 Å². The Morgan fingerprint density at radius 1 is 1.44 bits per heavy atom. The van der Waals surface area contributed by atoms with Crippen LogP contribution in [0.2, 0.25) is 0 Å². The Kier molecular flexibility index (Phi) is 4.10. The maximum atomic E-state index is 5.48. The summed E-state index contributed by atoms with van der Waals surface area (Å²) in [6, 6.07) is 1.92. The van der Waals surface area contributed by atoms with Gasteiger partial charge in [0.1, 0.15) is 11.6 Å². The second kappa shape index (κ2) is 5.80. The van der Waals surface area contributed by atoms with Gasteiger partial charge in [-0.15, -0.1) is 0 Å². The molecular weight excluding hydrogens is 200 g/mol. The number of nitrogens with one attached hydrogen (secondary N) is 1. The lowest BCUT2D eigenvalue weighted by atomic mass is 9.83. The average molecular weight is 220 g/mol. The van der Waals surface area contributed by atoms with Crippen LogP contribution in [0.4, 0.5) is 5.82 Å². The molecule has 3 N–H and O–H groups in total. The number of rotatable bonds is 6. The van der Waals surface area contributed by atoms with Gasteiger partial charge in [-0.1, -0.05) is 19.3 Å². The van der Waals surface area contributed by atoms with E-state index in [1.165, 1.54) is 25.7 Å². The molecule has 1 aliphatic rings. The van der Waals surface area contributed by atoms with Gasteiger partial charge in [-0.25, -0.2) is 9.97 Å². The van der Waals surface area contributed by atoms with Crippen LogP contribution in [0.5, 0.6) is 0 Å². The number of hydrogen-bond donors (Lipinski definition) is 2. The van der Waals surface area contributed by atoms with Crippen molar-refractivity contribution in [3.05, 3.63) is 18.1 Å². The number of nitrogens with two attached hydrogens (primary N) is 1. The Hall–Kier alpha value is -1.16. The molecule has 0 unspecified atom stereocenters. The summed E-state index contributed by atoms with van der Waals surface area (Å²) in [6.07, 6.45) is 8.03. The summed E-state index contributed by atoms with van der Waals surface area (Å²) in [5.41, 5.74) is 5.48. The zero-order chi connectivity index (χ0) is 11.2. The first-order valence-electron chi connectivity index (χ1n) is 6.14. The van der Waals surface area contributed by atoms with Crippen LogP contribution in [0.25, 0.3) is 0 Å². The molecule has 88 valence electrons. The fraction of sp³-hybridized carbons (Fsp3) is 0.667. The summed E-state index contributed by atoms with van der Waals surface area (Å²) in [5, 5.41) is 3.35. The minimum absolute atomic E-state index is 0.603. The van der Waals surface area contributed by atoms with Crippen LogP contribution in [0.1, 0.15) is 31.5 Å². The molecule has 1 fully saturated rings. The second-order valence-electron chi connectivity index (χ2n) is 4.41. The number of aromatic nitrogens is 2. The summed E-state index contributed by atoms with van der Waals surface area (Å²) in [6.45, 7) is 1.62.